The van der Waals surface area contributed by atoms with Crippen molar-refractivity contribution in [1.82, 2.24) is 4.90 Å². The molecule has 116 valence electrons. The van der Waals surface area contributed by atoms with E-state index >= 15 is 0 Å². The molecule has 1 aliphatic rings. The van der Waals surface area contributed by atoms with Crippen LogP contribution in [-0.2, 0) is 6.54 Å². The molecule has 0 bridgehead atoms. The zero-order valence-corrected chi connectivity index (χ0v) is 12.5. The average Bonchev–Trinajstić information content (AvgIpc) is 2.78. The Balaban J connectivity index is 2.10. The summed E-state index contributed by atoms with van der Waals surface area (Å²) in [6, 6.07) is 2.31. The van der Waals surface area contributed by atoms with E-state index in [1.807, 2.05) is 11.9 Å². The number of carbonyl (C=O) groups is 1. The third-order valence-electron chi connectivity index (χ3n) is 4.14. The summed E-state index contributed by atoms with van der Waals surface area (Å²) in [5.41, 5.74) is 0.412. The van der Waals surface area contributed by atoms with Crippen LogP contribution in [-0.4, -0.2) is 40.6 Å². The van der Waals surface area contributed by atoms with Crippen LogP contribution in [0.25, 0.3) is 0 Å². The maximum Gasteiger partial charge on any atom is 0.163 e. The molecule has 0 saturated heterocycles. The molecule has 21 heavy (non-hydrogen) atoms. The fourth-order valence-corrected chi connectivity index (χ4v) is 3.03. The van der Waals surface area contributed by atoms with E-state index in [1.165, 1.54) is 13.0 Å². The van der Waals surface area contributed by atoms with Gasteiger partial charge in [-0.1, -0.05) is 6.42 Å². The third-order valence-corrected chi connectivity index (χ3v) is 4.14. The van der Waals surface area contributed by atoms with E-state index in [-0.39, 0.29) is 29.1 Å². The number of phenolic OH excluding ortho intramolecular Hbond substituents is 1. The van der Waals surface area contributed by atoms with E-state index < -0.39 is 5.82 Å². The molecule has 0 spiro atoms. The Bertz CT molecular complexity index is 532. The minimum absolute atomic E-state index is 0.0132. The van der Waals surface area contributed by atoms with Gasteiger partial charge in [0.25, 0.3) is 0 Å². The van der Waals surface area contributed by atoms with Crippen molar-refractivity contribution in [2.45, 2.75) is 38.8 Å². The Hall–Kier alpha value is -1.46. The van der Waals surface area contributed by atoms with Gasteiger partial charge in [0.05, 0.1) is 11.7 Å². The van der Waals surface area contributed by atoms with Gasteiger partial charge in [-0.05, 0) is 44.9 Å². The summed E-state index contributed by atoms with van der Waals surface area (Å²) < 4.78 is 13.6. The summed E-state index contributed by atoms with van der Waals surface area (Å²) in [5.74, 6) is -0.815. The van der Waals surface area contributed by atoms with Gasteiger partial charge in [-0.25, -0.2) is 4.39 Å². The van der Waals surface area contributed by atoms with Gasteiger partial charge in [0.2, 0.25) is 0 Å². The van der Waals surface area contributed by atoms with Crippen LogP contribution >= 0.6 is 0 Å². The minimum Gasteiger partial charge on any atom is -0.507 e. The smallest absolute Gasteiger partial charge is 0.163 e. The zero-order chi connectivity index (χ0) is 15.6. The van der Waals surface area contributed by atoms with Gasteiger partial charge in [-0.3, -0.25) is 4.79 Å². The van der Waals surface area contributed by atoms with E-state index in [2.05, 4.69) is 0 Å². The standard InChI is InChI=1S/C16H22FNO3/c1-10(19)14-7-13(17)6-12(16(14)21)9-18(2)8-11-4-3-5-15(11)20/h6-7,11,15,20-21H,3-5,8-9H2,1-2H3. The monoisotopic (exact) mass is 295 g/mol. The highest BCUT2D eigenvalue weighted by Crippen LogP contribution is 2.29. The quantitative estimate of drug-likeness (QED) is 0.819. The lowest BCUT2D eigenvalue weighted by molar-refractivity contribution is 0.101. The van der Waals surface area contributed by atoms with Crippen molar-refractivity contribution < 1.29 is 19.4 Å². The normalized spacial score (nSPS) is 22.0. The predicted octanol–water partition coefficient (Wildman–Crippen LogP) is 2.33. The molecule has 1 fully saturated rings. The van der Waals surface area contributed by atoms with Gasteiger partial charge in [0.1, 0.15) is 11.6 Å². The number of aromatic hydroxyl groups is 1. The average molecular weight is 295 g/mol. The van der Waals surface area contributed by atoms with Crippen molar-refractivity contribution in [2.75, 3.05) is 13.6 Å². The Morgan fingerprint density at radius 1 is 1.43 bits per heavy atom. The second-order valence-corrected chi connectivity index (χ2v) is 5.97. The summed E-state index contributed by atoms with van der Waals surface area (Å²) in [6.07, 6.45) is 2.57. The number of Topliss-reactive ketones (excluding diaryl/α,β-unsaturated/α-hetero) is 1. The summed E-state index contributed by atoms with van der Waals surface area (Å²) in [6.45, 7) is 2.33. The summed E-state index contributed by atoms with van der Waals surface area (Å²) in [7, 11) is 1.86. The number of ketones is 1. The first-order valence-corrected chi connectivity index (χ1v) is 7.27. The SMILES string of the molecule is CC(=O)c1cc(F)cc(CN(C)CC2CCCC2O)c1O. The number of benzene rings is 1. The Morgan fingerprint density at radius 3 is 2.71 bits per heavy atom. The molecule has 0 aliphatic heterocycles. The molecule has 0 amide bonds. The number of carbonyl (C=O) groups excluding carboxylic acids is 1. The summed E-state index contributed by atoms with van der Waals surface area (Å²) >= 11 is 0. The molecule has 2 atom stereocenters. The van der Waals surface area contributed by atoms with Crippen molar-refractivity contribution in [3.8, 4) is 5.75 Å². The second-order valence-electron chi connectivity index (χ2n) is 5.97. The fourth-order valence-electron chi connectivity index (χ4n) is 3.03. The predicted molar refractivity (Wildman–Crippen MR) is 77.8 cm³/mol. The fraction of sp³-hybridized carbons (Fsp3) is 0.562. The lowest BCUT2D eigenvalue weighted by Crippen LogP contribution is -2.29. The highest BCUT2D eigenvalue weighted by Gasteiger charge is 2.26. The lowest BCUT2D eigenvalue weighted by atomic mass is 10.0. The molecule has 4 nitrogen and oxygen atoms in total. The first-order valence-electron chi connectivity index (χ1n) is 7.27. The van der Waals surface area contributed by atoms with Crippen molar-refractivity contribution >= 4 is 5.78 Å². The number of rotatable bonds is 5. The number of halogens is 1. The van der Waals surface area contributed by atoms with Crippen LogP contribution < -0.4 is 0 Å². The van der Waals surface area contributed by atoms with Gasteiger partial charge in [-0.15, -0.1) is 0 Å². The second kappa shape index (κ2) is 6.54. The number of hydrogen-bond donors (Lipinski definition) is 2. The Kier molecular flexibility index (Phi) is 4.96. The van der Waals surface area contributed by atoms with Gasteiger partial charge in [0.15, 0.2) is 5.78 Å². The maximum atomic E-state index is 13.6. The highest BCUT2D eigenvalue weighted by molar-refractivity contribution is 5.97. The van der Waals surface area contributed by atoms with Gasteiger partial charge in [0, 0.05) is 18.7 Å². The summed E-state index contributed by atoms with van der Waals surface area (Å²) in [4.78, 5) is 13.3. The van der Waals surface area contributed by atoms with E-state index in [4.69, 9.17) is 0 Å². The van der Waals surface area contributed by atoms with Gasteiger partial charge >= 0.3 is 0 Å². The van der Waals surface area contributed by atoms with E-state index in [0.717, 1.165) is 25.3 Å². The molecule has 2 rings (SSSR count). The molecule has 1 aliphatic carbocycles. The molecule has 1 saturated carbocycles. The molecule has 2 unspecified atom stereocenters. The van der Waals surface area contributed by atoms with Crippen LogP contribution in [0.3, 0.4) is 0 Å². The third kappa shape index (κ3) is 3.80. The molecule has 1 aromatic carbocycles. The van der Waals surface area contributed by atoms with E-state index in [1.54, 1.807) is 0 Å². The van der Waals surface area contributed by atoms with Crippen LogP contribution in [0.2, 0.25) is 0 Å². The Morgan fingerprint density at radius 2 is 2.14 bits per heavy atom. The van der Waals surface area contributed by atoms with Crippen LogP contribution in [0.5, 0.6) is 5.75 Å². The van der Waals surface area contributed by atoms with Crippen LogP contribution in [0.4, 0.5) is 4.39 Å². The molecule has 0 radical (unpaired) electrons. The van der Waals surface area contributed by atoms with Crippen LogP contribution in [0.15, 0.2) is 12.1 Å². The van der Waals surface area contributed by atoms with Gasteiger partial charge < -0.3 is 15.1 Å². The molecular weight excluding hydrogens is 273 g/mol. The first kappa shape index (κ1) is 15.9. The zero-order valence-electron chi connectivity index (χ0n) is 12.5. The molecule has 0 heterocycles. The number of phenols is 1. The number of hydrogen-bond acceptors (Lipinski definition) is 4. The molecule has 2 N–H and O–H groups in total. The van der Waals surface area contributed by atoms with Crippen LogP contribution in [0.1, 0.15) is 42.1 Å². The van der Waals surface area contributed by atoms with Crippen molar-refractivity contribution in [2.24, 2.45) is 5.92 Å². The highest BCUT2D eigenvalue weighted by atomic mass is 19.1. The number of aliphatic hydroxyl groups is 1. The van der Waals surface area contributed by atoms with Crippen LogP contribution in [0, 0.1) is 11.7 Å². The van der Waals surface area contributed by atoms with Crippen molar-refractivity contribution in [3.05, 3.63) is 29.1 Å². The van der Waals surface area contributed by atoms with E-state index in [0.29, 0.717) is 18.7 Å². The first-order chi connectivity index (χ1) is 9.88. The molecule has 0 aromatic heterocycles. The van der Waals surface area contributed by atoms with Crippen molar-refractivity contribution in [1.29, 1.82) is 0 Å². The molecular formula is C16H22FNO3. The minimum atomic E-state index is -0.526. The summed E-state index contributed by atoms with van der Waals surface area (Å²) in [5, 5.41) is 19.9. The number of nitrogens with zero attached hydrogens (tertiary/aromatic N) is 1. The Labute approximate surface area is 124 Å². The number of aliphatic hydroxyl groups excluding tert-OH is 1. The maximum absolute atomic E-state index is 13.6. The molecule has 1 aromatic rings. The molecule has 5 heteroatoms. The van der Waals surface area contributed by atoms with Crippen molar-refractivity contribution in [3.63, 3.8) is 0 Å². The van der Waals surface area contributed by atoms with Gasteiger partial charge in [-0.2, -0.15) is 0 Å². The lowest BCUT2D eigenvalue weighted by Gasteiger charge is -2.23. The topological polar surface area (TPSA) is 60.8 Å². The largest absolute Gasteiger partial charge is 0.507 e. The van der Waals surface area contributed by atoms with E-state index in [9.17, 15) is 19.4 Å².